The zero-order valence-electron chi connectivity index (χ0n) is 8.22. The van der Waals surface area contributed by atoms with E-state index in [2.05, 4.69) is 17.1 Å². The molecule has 0 aromatic carbocycles. The van der Waals surface area contributed by atoms with Crippen LogP contribution in [0.2, 0.25) is 0 Å². The molecular weight excluding hydrogens is 206 g/mol. The van der Waals surface area contributed by atoms with E-state index in [1.54, 1.807) is 11.3 Å². The van der Waals surface area contributed by atoms with Gasteiger partial charge in [-0.1, -0.05) is 18.2 Å². The largest absolute Gasteiger partial charge is 0.366 e. The number of rotatable bonds is 1. The van der Waals surface area contributed by atoms with Gasteiger partial charge in [0.25, 0.3) is 0 Å². The minimum absolute atomic E-state index is 0.269. The van der Waals surface area contributed by atoms with Crippen molar-refractivity contribution in [3.63, 3.8) is 0 Å². The van der Waals surface area contributed by atoms with E-state index in [4.69, 9.17) is 0 Å². The van der Waals surface area contributed by atoms with Gasteiger partial charge in [-0.2, -0.15) is 0 Å². The van der Waals surface area contributed by atoms with Crippen molar-refractivity contribution in [1.82, 2.24) is 4.90 Å². The molecule has 0 radical (unpaired) electrons. The highest BCUT2D eigenvalue weighted by atomic mass is 32.1. The molecule has 1 atom stereocenters. The Balaban J connectivity index is 1.99. The van der Waals surface area contributed by atoms with E-state index < -0.39 is 0 Å². The highest BCUT2D eigenvalue weighted by molar-refractivity contribution is 7.11. The number of Topliss-reactive ketones (excluding diaryl/α,β-unsaturated/α-hetero) is 1. The Morgan fingerprint density at radius 3 is 3.20 bits per heavy atom. The molecule has 2 aliphatic heterocycles. The molecule has 1 aromatic heterocycles. The molecule has 0 aliphatic carbocycles. The van der Waals surface area contributed by atoms with E-state index >= 15 is 0 Å². The third-order valence-corrected chi connectivity index (χ3v) is 3.78. The van der Waals surface area contributed by atoms with E-state index in [0.717, 1.165) is 17.0 Å². The van der Waals surface area contributed by atoms with Gasteiger partial charge in [0.1, 0.15) is 0 Å². The van der Waals surface area contributed by atoms with Crippen LogP contribution in [0.25, 0.3) is 5.57 Å². The van der Waals surface area contributed by atoms with Crippen molar-refractivity contribution in [2.75, 3.05) is 6.54 Å². The van der Waals surface area contributed by atoms with Crippen LogP contribution in [0.4, 0.5) is 0 Å². The first-order chi connectivity index (χ1) is 7.34. The molecule has 3 heterocycles. The Morgan fingerprint density at radius 1 is 1.47 bits per heavy atom. The summed E-state index contributed by atoms with van der Waals surface area (Å²) in [5, 5.41) is 2.01. The minimum Gasteiger partial charge on any atom is -0.366 e. The number of hydrogen-bond acceptors (Lipinski definition) is 3. The molecule has 0 N–H and O–H groups in total. The van der Waals surface area contributed by atoms with Gasteiger partial charge in [0.2, 0.25) is 0 Å². The van der Waals surface area contributed by atoms with Gasteiger partial charge >= 0.3 is 0 Å². The Labute approximate surface area is 92.5 Å². The van der Waals surface area contributed by atoms with Gasteiger partial charge in [0, 0.05) is 24.0 Å². The van der Waals surface area contributed by atoms with Crippen molar-refractivity contribution in [2.24, 2.45) is 0 Å². The molecule has 2 aliphatic rings. The Morgan fingerprint density at radius 2 is 2.40 bits per heavy atom. The predicted molar refractivity (Wildman–Crippen MR) is 61.6 cm³/mol. The molecule has 15 heavy (non-hydrogen) atoms. The molecule has 0 bridgehead atoms. The molecule has 2 nitrogen and oxygen atoms in total. The second-order valence-corrected chi connectivity index (χ2v) is 4.79. The fourth-order valence-electron chi connectivity index (χ4n) is 2.09. The predicted octanol–water partition coefficient (Wildman–Crippen LogP) is 2.30. The topological polar surface area (TPSA) is 20.3 Å². The minimum atomic E-state index is 0.269. The zero-order chi connectivity index (χ0) is 10.3. The molecule has 0 saturated carbocycles. The van der Waals surface area contributed by atoms with Gasteiger partial charge in [0.05, 0.1) is 11.6 Å². The fraction of sp³-hybridized carbons (Fsp3) is 0.250. The summed E-state index contributed by atoms with van der Waals surface area (Å²) in [5.41, 5.74) is 0.880. The Hall–Kier alpha value is -1.35. The molecule has 1 unspecified atom stereocenters. The highest BCUT2D eigenvalue weighted by Crippen LogP contribution is 2.30. The maximum atomic E-state index is 11.9. The monoisotopic (exact) mass is 217 g/mol. The van der Waals surface area contributed by atoms with Crippen LogP contribution in [0, 0.1) is 0 Å². The van der Waals surface area contributed by atoms with Gasteiger partial charge < -0.3 is 4.90 Å². The van der Waals surface area contributed by atoms with Crippen molar-refractivity contribution in [3.8, 4) is 0 Å². The first-order valence-corrected chi connectivity index (χ1v) is 5.94. The second kappa shape index (κ2) is 3.35. The first kappa shape index (κ1) is 8.92. The summed E-state index contributed by atoms with van der Waals surface area (Å²) in [5.74, 6) is 0.269. The highest BCUT2D eigenvalue weighted by Gasteiger charge is 2.28. The van der Waals surface area contributed by atoms with E-state index in [9.17, 15) is 4.79 Å². The summed E-state index contributed by atoms with van der Waals surface area (Å²) in [6.45, 7) is 0.937. The van der Waals surface area contributed by atoms with E-state index in [1.165, 1.54) is 0 Å². The van der Waals surface area contributed by atoms with Crippen molar-refractivity contribution >= 4 is 22.7 Å². The van der Waals surface area contributed by atoms with Crippen molar-refractivity contribution in [1.29, 1.82) is 0 Å². The lowest BCUT2D eigenvalue weighted by Crippen LogP contribution is -2.32. The van der Waals surface area contributed by atoms with E-state index in [-0.39, 0.29) is 5.78 Å². The maximum absolute atomic E-state index is 11.9. The number of hydrogen-bond donors (Lipinski definition) is 0. The number of carbonyl (C=O) groups is 1. The van der Waals surface area contributed by atoms with Crippen molar-refractivity contribution in [2.45, 2.75) is 12.5 Å². The number of ketones is 1. The molecule has 3 rings (SSSR count). The molecule has 0 amide bonds. The van der Waals surface area contributed by atoms with Gasteiger partial charge in [-0.05, 0) is 11.4 Å². The molecule has 0 spiro atoms. The SMILES string of the molecule is O=C1CC2C=CCN2C=C1c1cccs1. The molecule has 3 heteroatoms. The van der Waals surface area contributed by atoms with Crippen molar-refractivity contribution < 1.29 is 4.79 Å². The number of fused-ring (bicyclic) bond motifs is 1. The van der Waals surface area contributed by atoms with Crippen LogP contribution in [-0.4, -0.2) is 23.3 Å². The molecule has 76 valence electrons. The van der Waals surface area contributed by atoms with Crippen LogP contribution >= 0.6 is 11.3 Å². The lowest BCUT2D eigenvalue weighted by atomic mass is 9.99. The lowest BCUT2D eigenvalue weighted by Gasteiger charge is -2.27. The van der Waals surface area contributed by atoms with Gasteiger partial charge in [-0.3, -0.25) is 4.79 Å². The second-order valence-electron chi connectivity index (χ2n) is 3.84. The maximum Gasteiger partial charge on any atom is 0.168 e. The van der Waals surface area contributed by atoms with E-state index in [0.29, 0.717) is 12.5 Å². The Bertz CT molecular complexity index is 444. The molecule has 1 aromatic rings. The standard InChI is InChI=1S/C12H11NOS/c14-11-7-9-3-1-5-13(9)8-10(11)12-4-2-6-15-12/h1-4,6,8-9H,5,7H2. The first-order valence-electron chi connectivity index (χ1n) is 5.06. The fourth-order valence-corrected chi connectivity index (χ4v) is 2.84. The third kappa shape index (κ3) is 1.43. The average molecular weight is 217 g/mol. The number of thiophene rings is 1. The molecular formula is C12H11NOS. The van der Waals surface area contributed by atoms with Crippen LogP contribution in [0.1, 0.15) is 11.3 Å². The Kier molecular flexibility index (Phi) is 1.99. The summed E-state index contributed by atoms with van der Waals surface area (Å²) in [6, 6.07) is 4.31. The number of allylic oxidation sites excluding steroid dienone is 1. The summed E-state index contributed by atoms with van der Waals surface area (Å²) >= 11 is 1.63. The van der Waals surface area contributed by atoms with Crippen LogP contribution in [0.3, 0.4) is 0 Å². The quantitative estimate of drug-likeness (QED) is 0.673. The zero-order valence-corrected chi connectivity index (χ0v) is 9.04. The molecule has 0 saturated heterocycles. The summed E-state index contributed by atoms with van der Waals surface area (Å²) in [7, 11) is 0. The smallest absolute Gasteiger partial charge is 0.168 e. The lowest BCUT2D eigenvalue weighted by molar-refractivity contribution is -0.114. The average Bonchev–Trinajstić information content (AvgIpc) is 2.85. The van der Waals surface area contributed by atoms with Crippen LogP contribution < -0.4 is 0 Å². The summed E-state index contributed by atoms with van der Waals surface area (Å²) in [4.78, 5) is 15.2. The van der Waals surface area contributed by atoms with Gasteiger partial charge in [0.15, 0.2) is 5.78 Å². The van der Waals surface area contributed by atoms with Crippen LogP contribution in [-0.2, 0) is 4.79 Å². The number of nitrogens with zero attached hydrogens (tertiary/aromatic N) is 1. The van der Waals surface area contributed by atoms with Gasteiger partial charge in [-0.15, -0.1) is 11.3 Å². The normalized spacial score (nSPS) is 24.3. The van der Waals surface area contributed by atoms with Gasteiger partial charge in [-0.25, -0.2) is 0 Å². The summed E-state index contributed by atoms with van der Waals surface area (Å²) < 4.78 is 0. The van der Waals surface area contributed by atoms with Crippen molar-refractivity contribution in [3.05, 3.63) is 40.7 Å². The van der Waals surface area contributed by atoms with Crippen LogP contribution in [0.15, 0.2) is 35.9 Å². The third-order valence-electron chi connectivity index (χ3n) is 2.88. The molecule has 0 fully saturated rings. The number of carbonyl (C=O) groups excluding carboxylic acids is 1. The van der Waals surface area contributed by atoms with Crippen LogP contribution in [0.5, 0.6) is 0 Å². The van der Waals surface area contributed by atoms with E-state index in [1.807, 2.05) is 23.7 Å². The summed E-state index contributed by atoms with van der Waals surface area (Å²) in [6.07, 6.45) is 6.90.